The fourth-order valence-corrected chi connectivity index (χ4v) is 3.87. The first kappa shape index (κ1) is 18.5. The SMILES string of the molecule is CC(Sc1ccc(C(C)(C)C)cc1)C(=O)N1CC(=O)Nc2ccccc21. The minimum Gasteiger partial charge on any atom is -0.323 e. The van der Waals surface area contributed by atoms with Gasteiger partial charge >= 0.3 is 0 Å². The van der Waals surface area contributed by atoms with E-state index in [0.717, 1.165) is 10.6 Å². The average Bonchev–Trinajstić information content (AvgIpc) is 2.60. The van der Waals surface area contributed by atoms with Crippen molar-refractivity contribution in [2.45, 2.75) is 43.3 Å². The van der Waals surface area contributed by atoms with Crippen molar-refractivity contribution >= 4 is 35.0 Å². The van der Waals surface area contributed by atoms with E-state index in [4.69, 9.17) is 0 Å². The Balaban J connectivity index is 1.75. The summed E-state index contributed by atoms with van der Waals surface area (Å²) >= 11 is 1.52. The van der Waals surface area contributed by atoms with Gasteiger partial charge in [-0.2, -0.15) is 0 Å². The predicted molar refractivity (Wildman–Crippen MR) is 108 cm³/mol. The van der Waals surface area contributed by atoms with Gasteiger partial charge in [-0.05, 0) is 42.2 Å². The minimum atomic E-state index is -0.283. The van der Waals surface area contributed by atoms with Gasteiger partial charge in [0.2, 0.25) is 11.8 Å². The summed E-state index contributed by atoms with van der Waals surface area (Å²) < 4.78 is 0. The monoisotopic (exact) mass is 368 g/mol. The van der Waals surface area contributed by atoms with Crippen LogP contribution >= 0.6 is 11.8 Å². The van der Waals surface area contributed by atoms with Crippen molar-refractivity contribution in [2.24, 2.45) is 0 Å². The van der Waals surface area contributed by atoms with E-state index in [1.165, 1.54) is 17.3 Å². The maximum absolute atomic E-state index is 13.0. The molecule has 1 aliphatic rings. The number of carbonyl (C=O) groups is 2. The number of para-hydroxylation sites is 2. The molecule has 1 N–H and O–H groups in total. The number of anilines is 2. The Morgan fingerprint density at radius 2 is 1.77 bits per heavy atom. The quantitative estimate of drug-likeness (QED) is 0.814. The van der Waals surface area contributed by atoms with Crippen LogP contribution in [-0.4, -0.2) is 23.6 Å². The summed E-state index contributed by atoms with van der Waals surface area (Å²) in [6.07, 6.45) is 0. The number of benzene rings is 2. The number of hydrogen-bond acceptors (Lipinski definition) is 3. The van der Waals surface area contributed by atoms with Crippen molar-refractivity contribution in [2.75, 3.05) is 16.8 Å². The number of nitrogens with one attached hydrogen (secondary N) is 1. The first-order valence-electron chi connectivity index (χ1n) is 8.73. The third-order valence-corrected chi connectivity index (χ3v) is 5.52. The molecule has 3 rings (SSSR count). The second kappa shape index (κ2) is 7.16. The van der Waals surface area contributed by atoms with Crippen LogP contribution in [0.4, 0.5) is 11.4 Å². The molecular weight excluding hydrogens is 344 g/mol. The first-order chi connectivity index (χ1) is 12.3. The molecular formula is C21H24N2O2S. The molecule has 0 aliphatic carbocycles. The van der Waals surface area contributed by atoms with Gasteiger partial charge in [0, 0.05) is 4.90 Å². The van der Waals surface area contributed by atoms with Crippen molar-refractivity contribution in [1.29, 1.82) is 0 Å². The summed E-state index contributed by atoms with van der Waals surface area (Å²) in [4.78, 5) is 27.5. The summed E-state index contributed by atoms with van der Waals surface area (Å²) in [7, 11) is 0. The second-order valence-electron chi connectivity index (χ2n) is 7.52. The molecule has 4 nitrogen and oxygen atoms in total. The Hall–Kier alpha value is -2.27. The molecule has 0 saturated carbocycles. The van der Waals surface area contributed by atoms with E-state index in [-0.39, 0.29) is 29.0 Å². The van der Waals surface area contributed by atoms with E-state index in [0.29, 0.717) is 5.69 Å². The van der Waals surface area contributed by atoms with Crippen molar-refractivity contribution in [3.63, 3.8) is 0 Å². The van der Waals surface area contributed by atoms with Gasteiger partial charge in [0.1, 0.15) is 6.54 Å². The normalized spacial score (nSPS) is 15.2. The number of fused-ring (bicyclic) bond motifs is 1. The summed E-state index contributed by atoms with van der Waals surface area (Å²) in [5.41, 5.74) is 2.81. The van der Waals surface area contributed by atoms with Crippen LogP contribution in [-0.2, 0) is 15.0 Å². The molecule has 5 heteroatoms. The van der Waals surface area contributed by atoms with Crippen LogP contribution in [0, 0.1) is 0 Å². The van der Waals surface area contributed by atoms with Crippen molar-refractivity contribution in [3.8, 4) is 0 Å². The van der Waals surface area contributed by atoms with E-state index in [2.05, 4.69) is 50.4 Å². The summed E-state index contributed by atoms with van der Waals surface area (Å²) in [6.45, 7) is 8.49. The Morgan fingerprint density at radius 1 is 1.12 bits per heavy atom. The smallest absolute Gasteiger partial charge is 0.244 e. The molecule has 136 valence electrons. The van der Waals surface area contributed by atoms with E-state index >= 15 is 0 Å². The van der Waals surface area contributed by atoms with E-state index in [1.54, 1.807) is 4.90 Å². The number of nitrogens with zero attached hydrogens (tertiary/aromatic N) is 1. The van der Waals surface area contributed by atoms with Gasteiger partial charge in [0.15, 0.2) is 0 Å². The molecule has 0 saturated heterocycles. The number of carbonyl (C=O) groups excluding carboxylic acids is 2. The molecule has 1 heterocycles. The molecule has 1 unspecified atom stereocenters. The van der Waals surface area contributed by atoms with Gasteiger partial charge in [0.25, 0.3) is 0 Å². The summed E-state index contributed by atoms with van der Waals surface area (Å²) in [6, 6.07) is 15.8. The molecule has 2 aromatic carbocycles. The van der Waals surface area contributed by atoms with Gasteiger partial charge in [-0.3, -0.25) is 14.5 Å². The lowest BCUT2D eigenvalue weighted by atomic mass is 9.87. The van der Waals surface area contributed by atoms with Crippen LogP contribution in [0.5, 0.6) is 0 Å². The van der Waals surface area contributed by atoms with Crippen LogP contribution < -0.4 is 10.2 Å². The maximum atomic E-state index is 13.0. The number of hydrogen-bond donors (Lipinski definition) is 1. The van der Waals surface area contributed by atoms with Gasteiger partial charge in [-0.25, -0.2) is 0 Å². The molecule has 0 aromatic heterocycles. The molecule has 26 heavy (non-hydrogen) atoms. The zero-order valence-electron chi connectivity index (χ0n) is 15.6. The molecule has 0 fully saturated rings. The zero-order valence-corrected chi connectivity index (χ0v) is 16.4. The van der Waals surface area contributed by atoms with E-state index < -0.39 is 0 Å². The Kier molecular flexibility index (Phi) is 5.10. The van der Waals surface area contributed by atoms with Crippen LogP contribution in [0.3, 0.4) is 0 Å². The zero-order chi connectivity index (χ0) is 18.9. The van der Waals surface area contributed by atoms with Crippen molar-refractivity contribution in [3.05, 3.63) is 54.1 Å². The number of amides is 2. The van der Waals surface area contributed by atoms with Crippen LogP contribution in [0.25, 0.3) is 0 Å². The second-order valence-corrected chi connectivity index (χ2v) is 8.94. The molecule has 2 amide bonds. The highest BCUT2D eigenvalue weighted by Crippen LogP contribution is 2.33. The Labute approximate surface area is 159 Å². The summed E-state index contributed by atoms with van der Waals surface area (Å²) in [5, 5.41) is 2.53. The third kappa shape index (κ3) is 3.93. The fourth-order valence-electron chi connectivity index (χ4n) is 2.94. The largest absolute Gasteiger partial charge is 0.323 e. The number of rotatable bonds is 3. The highest BCUT2D eigenvalue weighted by molar-refractivity contribution is 8.00. The van der Waals surface area contributed by atoms with Crippen LogP contribution in [0.15, 0.2) is 53.4 Å². The fraction of sp³-hybridized carbons (Fsp3) is 0.333. The lowest BCUT2D eigenvalue weighted by molar-refractivity contribution is -0.121. The van der Waals surface area contributed by atoms with E-state index in [9.17, 15) is 9.59 Å². The topological polar surface area (TPSA) is 49.4 Å². The van der Waals surface area contributed by atoms with Gasteiger partial charge in [-0.1, -0.05) is 45.0 Å². The Morgan fingerprint density at radius 3 is 2.42 bits per heavy atom. The van der Waals surface area contributed by atoms with Crippen molar-refractivity contribution < 1.29 is 9.59 Å². The molecule has 0 radical (unpaired) electrons. The minimum absolute atomic E-state index is 0.0582. The predicted octanol–water partition coefficient (Wildman–Crippen LogP) is 4.45. The molecule has 0 bridgehead atoms. The lowest BCUT2D eigenvalue weighted by Crippen LogP contribution is -2.45. The van der Waals surface area contributed by atoms with Gasteiger partial charge in [-0.15, -0.1) is 11.8 Å². The summed E-state index contributed by atoms with van der Waals surface area (Å²) in [5.74, 6) is -0.221. The van der Waals surface area contributed by atoms with Crippen molar-refractivity contribution in [1.82, 2.24) is 0 Å². The standard InChI is InChI=1S/C21H24N2O2S/c1-14(26-16-11-9-15(10-12-16)21(2,3)4)20(25)23-13-19(24)22-17-7-5-6-8-18(17)23/h5-12,14H,13H2,1-4H3,(H,22,24). The molecule has 1 aliphatic heterocycles. The molecule has 0 spiro atoms. The average molecular weight is 369 g/mol. The molecule has 2 aromatic rings. The van der Waals surface area contributed by atoms with E-state index in [1.807, 2.05) is 31.2 Å². The maximum Gasteiger partial charge on any atom is 0.244 e. The number of thioether (sulfide) groups is 1. The lowest BCUT2D eigenvalue weighted by Gasteiger charge is -2.31. The van der Waals surface area contributed by atoms with Gasteiger partial charge < -0.3 is 5.32 Å². The van der Waals surface area contributed by atoms with Crippen LogP contribution in [0.1, 0.15) is 33.3 Å². The Bertz CT molecular complexity index is 825. The van der Waals surface area contributed by atoms with Crippen LogP contribution in [0.2, 0.25) is 0 Å². The third-order valence-electron chi connectivity index (χ3n) is 4.42. The molecule has 1 atom stereocenters. The highest BCUT2D eigenvalue weighted by Gasteiger charge is 2.30. The first-order valence-corrected chi connectivity index (χ1v) is 9.61. The highest BCUT2D eigenvalue weighted by atomic mass is 32.2. The van der Waals surface area contributed by atoms with Gasteiger partial charge in [0.05, 0.1) is 16.6 Å².